The largest absolute Gasteiger partial charge is 0.481 e. The maximum atomic E-state index is 12.4. The SMILES string of the molecule is CC1(C(=O)NCC2(CC(=O)O)CCCCC2)CCCC1. The molecule has 0 unspecified atom stereocenters. The van der Waals surface area contributed by atoms with Gasteiger partial charge in [0.1, 0.15) is 0 Å². The second kappa shape index (κ2) is 6.15. The Bertz CT molecular complexity index is 366. The van der Waals surface area contributed by atoms with Crippen molar-refractivity contribution in [1.29, 1.82) is 0 Å². The highest BCUT2D eigenvalue weighted by molar-refractivity contribution is 5.82. The van der Waals surface area contributed by atoms with E-state index in [-0.39, 0.29) is 23.2 Å². The van der Waals surface area contributed by atoms with E-state index in [0.717, 1.165) is 51.4 Å². The van der Waals surface area contributed by atoms with Crippen molar-refractivity contribution in [2.24, 2.45) is 10.8 Å². The number of aliphatic carboxylic acids is 1. The summed E-state index contributed by atoms with van der Waals surface area (Å²) < 4.78 is 0. The number of rotatable bonds is 5. The van der Waals surface area contributed by atoms with Crippen molar-refractivity contribution >= 4 is 11.9 Å². The van der Waals surface area contributed by atoms with Crippen molar-refractivity contribution in [3.05, 3.63) is 0 Å². The molecule has 0 spiro atoms. The number of carbonyl (C=O) groups is 2. The molecule has 2 fully saturated rings. The number of hydrogen-bond acceptors (Lipinski definition) is 2. The zero-order valence-corrected chi connectivity index (χ0v) is 12.5. The van der Waals surface area contributed by atoms with Crippen LogP contribution in [0.4, 0.5) is 0 Å². The molecule has 0 atom stereocenters. The predicted molar refractivity (Wildman–Crippen MR) is 77.4 cm³/mol. The summed E-state index contributed by atoms with van der Waals surface area (Å²) in [4.78, 5) is 23.5. The first kappa shape index (κ1) is 15.3. The molecule has 0 saturated heterocycles. The maximum Gasteiger partial charge on any atom is 0.303 e. The molecule has 114 valence electrons. The van der Waals surface area contributed by atoms with Gasteiger partial charge in [0.15, 0.2) is 0 Å². The maximum absolute atomic E-state index is 12.4. The zero-order chi connectivity index (χ0) is 14.6. The standard InChI is InChI=1S/C16H27NO3/c1-15(7-5-6-8-15)14(20)17-12-16(11-13(18)19)9-3-2-4-10-16/h2-12H2,1H3,(H,17,20)(H,18,19). The zero-order valence-electron chi connectivity index (χ0n) is 12.5. The molecule has 2 aliphatic rings. The van der Waals surface area contributed by atoms with Crippen molar-refractivity contribution in [1.82, 2.24) is 5.32 Å². The number of carbonyl (C=O) groups excluding carboxylic acids is 1. The quantitative estimate of drug-likeness (QED) is 0.813. The lowest BCUT2D eigenvalue weighted by molar-refractivity contribution is -0.141. The van der Waals surface area contributed by atoms with E-state index in [1.807, 2.05) is 6.92 Å². The highest BCUT2D eigenvalue weighted by Gasteiger charge is 2.39. The van der Waals surface area contributed by atoms with E-state index in [1.165, 1.54) is 6.42 Å². The summed E-state index contributed by atoms with van der Waals surface area (Å²) in [6, 6.07) is 0. The molecule has 2 aliphatic carbocycles. The van der Waals surface area contributed by atoms with Crippen molar-refractivity contribution in [2.45, 2.75) is 71.1 Å². The van der Waals surface area contributed by atoms with Crippen molar-refractivity contribution in [3.8, 4) is 0 Å². The van der Waals surface area contributed by atoms with Crippen LogP contribution in [0.1, 0.15) is 71.1 Å². The lowest BCUT2D eigenvalue weighted by atomic mass is 9.71. The fraction of sp³-hybridized carbons (Fsp3) is 0.875. The van der Waals surface area contributed by atoms with Crippen LogP contribution in [0, 0.1) is 10.8 Å². The topological polar surface area (TPSA) is 66.4 Å². The Hall–Kier alpha value is -1.06. The molecule has 4 heteroatoms. The van der Waals surface area contributed by atoms with E-state index >= 15 is 0 Å². The normalized spacial score (nSPS) is 24.2. The van der Waals surface area contributed by atoms with Gasteiger partial charge >= 0.3 is 5.97 Å². The van der Waals surface area contributed by atoms with Crippen molar-refractivity contribution in [2.75, 3.05) is 6.54 Å². The Morgan fingerprint density at radius 3 is 2.10 bits per heavy atom. The summed E-state index contributed by atoms with van der Waals surface area (Å²) in [6.07, 6.45) is 9.58. The predicted octanol–water partition coefficient (Wildman–Crippen LogP) is 3.11. The molecule has 1 amide bonds. The molecule has 20 heavy (non-hydrogen) atoms. The van der Waals surface area contributed by atoms with Gasteiger partial charge in [-0.3, -0.25) is 9.59 Å². The van der Waals surface area contributed by atoms with Gasteiger partial charge in [-0.05, 0) is 31.1 Å². The fourth-order valence-electron chi connectivity index (χ4n) is 3.90. The average molecular weight is 281 g/mol. The van der Waals surface area contributed by atoms with E-state index in [2.05, 4.69) is 5.32 Å². The third-order valence-electron chi connectivity index (χ3n) is 5.32. The van der Waals surface area contributed by atoms with Crippen LogP contribution in [0.2, 0.25) is 0 Å². The van der Waals surface area contributed by atoms with E-state index in [9.17, 15) is 9.59 Å². The van der Waals surface area contributed by atoms with Crippen LogP contribution in [0.15, 0.2) is 0 Å². The van der Waals surface area contributed by atoms with Crippen molar-refractivity contribution in [3.63, 3.8) is 0 Å². The number of amides is 1. The van der Waals surface area contributed by atoms with E-state index in [4.69, 9.17) is 5.11 Å². The van der Waals surface area contributed by atoms with Gasteiger partial charge in [0.2, 0.25) is 5.91 Å². The first-order valence-corrected chi connectivity index (χ1v) is 7.96. The van der Waals surface area contributed by atoms with Crippen molar-refractivity contribution < 1.29 is 14.7 Å². The molecular weight excluding hydrogens is 254 g/mol. The summed E-state index contributed by atoms with van der Waals surface area (Å²) in [5.74, 6) is -0.612. The number of carboxylic acid groups (broad SMARTS) is 1. The minimum Gasteiger partial charge on any atom is -0.481 e. The fourth-order valence-corrected chi connectivity index (χ4v) is 3.90. The Balaban J connectivity index is 1.94. The third kappa shape index (κ3) is 3.53. The van der Waals surface area contributed by atoms with E-state index in [1.54, 1.807) is 0 Å². The molecule has 0 bridgehead atoms. The molecule has 0 aromatic carbocycles. The lowest BCUT2D eigenvalue weighted by Crippen LogP contribution is -2.45. The van der Waals surface area contributed by atoms with Gasteiger partial charge in [-0.25, -0.2) is 0 Å². The second-order valence-electron chi connectivity index (χ2n) is 7.08. The smallest absolute Gasteiger partial charge is 0.303 e. The number of hydrogen-bond donors (Lipinski definition) is 2. The van der Waals surface area contributed by atoms with Crippen LogP contribution >= 0.6 is 0 Å². The van der Waals surface area contributed by atoms with Gasteiger partial charge in [-0.15, -0.1) is 0 Å². The minimum absolute atomic E-state index is 0.130. The summed E-state index contributed by atoms with van der Waals surface area (Å²) in [7, 11) is 0. The Morgan fingerprint density at radius 1 is 1.00 bits per heavy atom. The lowest BCUT2D eigenvalue weighted by Gasteiger charge is -2.37. The van der Waals surface area contributed by atoms with Gasteiger partial charge in [0.05, 0.1) is 6.42 Å². The monoisotopic (exact) mass is 281 g/mol. The summed E-state index contributed by atoms with van der Waals surface area (Å²) in [5, 5.41) is 12.2. The van der Waals surface area contributed by atoms with Crippen LogP contribution in [0.5, 0.6) is 0 Å². The number of nitrogens with one attached hydrogen (secondary N) is 1. The highest BCUT2D eigenvalue weighted by atomic mass is 16.4. The van der Waals surface area contributed by atoms with Crippen LogP contribution in [0.25, 0.3) is 0 Å². The summed E-state index contributed by atoms with van der Waals surface area (Å²) in [6.45, 7) is 2.58. The Kier molecular flexibility index (Phi) is 4.71. The highest BCUT2D eigenvalue weighted by Crippen LogP contribution is 2.40. The first-order chi connectivity index (χ1) is 9.46. The van der Waals surface area contributed by atoms with Crippen LogP contribution in [-0.4, -0.2) is 23.5 Å². The molecule has 2 saturated carbocycles. The van der Waals surface area contributed by atoms with Gasteiger partial charge in [-0.1, -0.05) is 39.0 Å². The Morgan fingerprint density at radius 2 is 1.55 bits per heavy atom. The van der Waals surface area contributed by atoms with Gasteiger partial charge < -0.3 is 10.4 Å². The van der Waals surface area contributed by atoms with Crippen LogP contribution < -0.4 is 5.32 Å². The van der Waals surface area contributed by atoms with Gasteiger partial charge in [0.25, 0.3) is 0 Å². The summed E-state index contributed by atoms with van der Waals surface area (Å²) >= 11 is 0. The third-order valence-corrected chi connectivity index (χ3v) is 5.32. The molecule has 0 aromatic rings. The van der Waals surface area contributed by atoms with E-state index < -0.39 is 5.97 Å². The molecule has 0 aromatic heterocycles. The van der Waals surface area contributed by atoms with Crippen LogP contribution in [-0.2, 0) is 9.59 Å². The van der Waals surface area contributed by atoms with Gasteiger partial charge in [0, 0.05) is 12.0 Å². The number of carboxylic acids is 1. The van der Waals surface area contributed by atoms with Crippen LogP contribution in [0.3, 0.4) is 0 Å². The average Bonchev–Trinajstić information content (AvgIpc) is 2.85. The molecule has 0 radical (unpaired) electrons. The van der Waals surface area contributed by atoms with Gasteiger partial charge in [-0.2, -0.15) is 0 Å². The molecular formula is C16H27NO3. The molecule has 2 N–H and O–H groups in total. The molecule has 2 rings (SSSR count). The minimum atomic E-state index is -0.742. The molecule has 0 aliphatic heterocycles. The summed E-state index contributed by atoms with van der Waals surface area (Å²) in [5.41, 5.74) is -0.437. The second-order valence-corrected chi connectivity index (χ2v) is 7.08. The first-order valence-electron chi connectivity index (χ1n) is 7.96. The molecule has 4 nitrogen and oxygen atoms in total. The Labute approximate surface area is 121 Å². The molecule has 0 heterocycles. The van der Waals surface area contributed by atoms with E-state index in [0.29, 0.717) is 6.54 Å².